The van der Waals surface area contributed by atoms with Gasteiger partial charge in [0.25, 0.3) is 0 Å². The quantitative estimate of drug-likeness (QED) is 0.888. The van der Waals surface area contributed by atoms with Crippen molar-refractivity contribution in [2.24, 2.45) is 0 Å². The second-order valence-electron chi connectivity index (χ2n) is 4.91. The first-order valence-corrected chi connectivity index (χ1v) is 8.39. The molecular formula is C13H19ClN2O3S. The van der Waals surface area contributed by atoms with E-state index in [9.17, 15) is 8.42 Å². The normalized spacial score (nSPS) is 23.6. The molecule has 0 bridgehead atoms. The minimum Gasteiger partial charge on any atom is -0.495 e. The van der Waals surface area contributed by atoms with Crippen LogP contribution < -0.4 is 14.8 Å². The van der Waals surface area contributed by atoms with Gasteiger partial charge >= 0.3 is 0 Å². The van der Waals surface area contributed by atoms with E-state index in [1.54, 1.807) is 6.07 Å². The third-order valence-corrected chi connectivity index (χ3v) is 5.28. The number of hydrogen-bond acceptors (Lipinski definition) is 4. The smallest absolute Gasteiger partial charge is 0.240 e. The van der Waals surface area contributed by atoms with Crippen LogP contribution in [0.25, 0.3) is 0 Å². The second kappa shape index (κ2) is 6.30. The Morgan fingerprint density at radius 1 is 1.45 bits per heavy atom. The molecule has 7 heteroatoms. The van der Waals surface area contributed by atoms with Gasteiger partial charge in [-0.15, -0.1) is 0 Å². The number of methoxy groups -OCH3 is 1. The SMILES string of the molecule is COc1ccc(S(=O)(=O)NC2CCCNC2C)cc1Cl. The standard InChI is InChI=1S/C13H19ClN2O3S/c1-9-12(4-3-7-15-9)16-20(17,18)10-5-6-13(19-2)11(14)8-10/h5-6,8-9,12,15-16H,3-4,7H2,1-2H3. The van der Waals surface area contributed by atoms with Gasteiger partial charge in [-0.05, 0) is 44.5 Å². The summed E-state index contributed by atoms with van der Waals surface area (Å²) in [5.41, 5.74) is 0. The highest BCUT2D eigenvalue weighted by molar-refractivity contribution is 7.89. The molecule has 0 aromatic heterocycles. The van der Waals surface area contributed by atoms with Crippen molar-refractivity contribution >= 4 is 21.6 Å². The molecule has 1 aromatic rings. The fourth-order valence-electron chi connectivity index (χ4n) is 2.29. The van der Waals surface area contributed by atoms with Crippen LogP contribution in [0, 0.1) is 0 Å². The molecule has 1 fully saturated rings. The van der Waals surface area contributed by atoms with Gasteiger partial charge in [-0.1, -0.05) is 11.6 Å². The van der Waals surface area contributed by atoms with Crippen LogP contribution in [-0.4, -0.2) is 34.2 Å². The third-order valence-electron chi connectivity index (χ3n) is 3.50. The van der Waals surface area contributed by atoms with Crippen molar-refractivity contribution in [3.63, 3.8) is 0 Å². The van der Waals surface area contributed by atoms with Crippen molar-refractivity contribution in [3.8, 4) is 5.75 Å². The molecule has 20 heavy (non-hydrogen) atoms. The third kappa shape index (κ3) is 3.44. The number of hydrogen-bond donors (Lipinski definition) is 2. The van der Waals surface area contributed by atoms with Gasteiger partial charge in [0.2, 0.25) is 10.0 Å². The van der Waals surface area contributed by atoms with E-state index in [1.165, 1.54) is 19.2 Å². The zero-order chi connectivity index (χ0) is 14.8. The van der Waals surface area contributed by atoms with Crippen LogP contribution in [0.3, 0.4) is 0 Å². The Bertz CT molecular complexity index is 577. The largest absolute Gasteiger partial charge is 0.495 e. The van der Waals surface area contributed by atoms with Crippen LogP contribution in [0.4, 0.5) is 0 Å². The van der Waals surface area contributed by atoms with E-state index in [1.807, 2.05) is 6.92 Å². The summed E-state index contributed by atoms with van der Waals surface area (Å²) in [4.78, 5) is 0.154. The van der Waals surface area contributed by atoms with Crippen molar-refractivity contribution in [3.05, 3.63) is 23.2 Å². The lowest BCUT2D eigenvalue weighted by Gasteiger charge is -2.30. The molecule has 1 aromatic carbocycles. The van der Waals surface area contributed by atoms with Gasteiger partial charge in [-0.3, -0.25) is 0 Å². The maximum absolute atomic E-state index is 12.4. The molecule has 0 amide bonds. The molecule has 1 aliphatic rings. The molecule has 1 heterocycles. The molecule has 2 atom stereocenters. The molecule has 0 radical (unpaired) electrons. The summed E-state index contributed by atoms with van der Waals surface area (Å²) in [7, 11) is -2.08. The minimum absolute atomic E-state index is 0.102. The summed E-state index contributed by atoms with van der Waals surface area (Å²) in [5, 5.41) is 3.55. The van der Waals surface area contributed by atoms with Crippen LogP contribution in [0.5, 0.6) is 5.75 Å². The number of ether oxygens (including phenoxy) is 1. The minimum atomic E-state index is -3.57. The van der Waals surface area contributed by atoms with Crippen molar-refractivity contribution in [1.29, 1.82) is 0 Å². The molecule has 1 aliphatic heterocycles. The molecule has 112 valence electrons. The highest BCUT2D eigenvalue weighted by atomic mass is 35.5. The molecular weight excluding hydrogens is 300 g/mol. The number of nitrogens with one attached hydrogen (secondary N) is 2. The maximum Gasteiger partial charge on any atom is 0.240 e. The van der Waals surface area contributed by atoms with E-state index < -0.39 is 10.0 Å². The maximum atomic E-state index is 12.4. The number of rotatable bonds is 4. The van der Waals surface area contributed by atoms with Crippen LogP contribution >= 0.6 is 11.6 Å². The van der Waals surface area contributed by atoms with Crippen LogP contribution in [0.15, 0.2) is 23.1 Å². The lowest BCUT2D eigenvalue weighted by Crippen LogP contribution is -2.51. The van der Waals surface area contributed by atoms with E-state index in [2.05, 4.69) is 10.0 Å². The van der Waals surface area contributed by atoms with Crippen LogP contribution in [-0.2, 0) is 10.0 Å². The average molecular weight is 319 g/mol. The zero-order valence-corrected chi connectivity index (χ0v) is 13.1. The lowest BCUT2D eigenvalue weighted by atomic mass is 10.0. The van der Waals surface area contributed by atoms with Gasteiger partial charge in [-0.2, -0.15) is 0 Å². The van der Waals surface area contributed by atoms with Crippen LogP contribution in [0.2, 0.25) is 5.02 Å². The van der Waals surface area contributed by atoms with Gasteiger partial charge in [0.1, 0.15) is 5.75 Å². The summed E-state index contributed by atoms with van der Waals surface area (Å²) in [6.07, 6.45) is 1.79. The molecule has 1 saturated heterocycles. The van der Waals surface area contributed by atoms with Gasteiger partial charge in [0, 0.05) is 12.1 Å². The Morgan fingerprint density at radius 3 is 2.80 bits per heavy atom. The summed E-state index contributed by atoms with van der Waals surface area (Å²) in [5.74, 6) is 0.457. The zero-order valence-electron chi connectivity index (χ0n) is 11.5. The van der Waals surface area contributed by atoms with Crippen molar-refractivity contribution in [2.75, 3.05) is 13.7 Å². The monoisotopic (exact) mass is 318 g/mol. The molecule has 0 saturated carbocycles. The Balaban J connectivity index is 2.19. The Kier molecular flexibility index (Phi) is 4.90. The fraction of sp³-hybridized carbons (Fsp3) is 0.538. The van der Waals surface area contributed by atoms with Gasteiger partial charge < -0.3 is 10.1 Å². The van der Waals surface area contributed by atoms with E-state index in [-0.39, 0.29) is 22.0 Å². The molecule has 2 unspecified atom stereocenters. The summed E-state index contributed by atoms with van der Waals surface area (Å²) in [6.45, 7) is 2.90. The summed E-state index contributed by atoms with van der Waals surface area (Å²) < 4.78 is 32.5. The van der Waals surface area contributed by atoms with Gasteiger partial charge in [-0.25, -0.2) is 13.1 Å². The number of piperidine rings is 1. The first-order valence-electron chi connectivity index (χ1n) is 6.53. The summed E-state index contributed by atoms with van der Waals surface area (Å²) in [6, 6.07) is 4.47. The Labute approximate surface area is 124 Å². The fourth-order valence-corrected chi connectivity index (χ4v) is 3.99. The second-order valence-corrected chi connectivity index (χ2v) is 7.03. The molecule has 5 nitrogen and oxygen atoms in total. The van der Waals surface area contributed by atoms with Crippen LogP contribution in [0.1, 0.15) is 19.8 Å². The predicted octanol–water partition coefficient (Wildman–Crippen LogP) is 1.77. The molecule has 0 aliphatic carbocycles. The van der Waals surface area contributed by atoms with E-state index in [4.69, 9.17) is 16.3 Å². The number of benzene rings is 1. The number of halogens is 1. The molecule has 2 N–H and O–H groups in total. The van der Waals surface area contributed by atoms with Crippen molar-refractivity contribution in [1.82, 2.24) is 10.0 Å². The average Bonchev–Trinajstić information content (AvgIpc) is 2.41. The highest BCUT2D eigenvalue weighted by Crippen LogP contribution is 2.27. The molecule has 0 spiro atoms. The van der Waals surface area contributed by atoms with Crippen molar-refractivity contribution in [2.45, 2.75) is 36.7 Å². The van der Waals surface area contributed by atoms with E-state index in [0.717, 1.165) is 19.4 Å². The first kappa shape index (κ1) is 15.6. The number of sulfonamides is 1. The van der Waals surface area contributed by atoms with Gasteiger partial charge in [0.05, 0.1) is 17.0 Å². The Morgan fingerprint density at radius 2 is 2.20 bits per heavy atom. The predicted molar refractivity (Wildman–Crippen MR) is 78.8 cm³/mol. The Hall–Kier alpha value is -0.820. The topological polar surface area (TPSA) is 67.4 Å². The first-order chi connectivity index (χ1) is 9.44. The van der Waals surface area contributed by atoms with E-state index >= 15 is 0 Å². The molecule has 2 rings (SSSR count). The lowest BCUT2D eigenvalue weighted by molar-refractivity contribution is 0.349. The van der Waals surface area contributed by atoms with E-state index in [0.29, 0.717) is 5.75 Å². The highest BCUT2D eigenvalue weighted by Gasteiger charge is 2.26. The van der Waals surface area contributed by atoms with Gasteiger partial charge in [0.15, 0.2) is 0 Å². The summed E-state index contributed by atoms with van der Waals surface area (Å²) >= 11 is 5.98. The van der Waals surface area contributed by atoms with Crippen molar-refractivity contribution < 1.29 is 13.2 Å².